The van der Waals surface area contributed by atoms with Crippen molar-refractivity contribution in [1.29, 1.82) is 0 Å². The molecule has 4 rings (SSSR count). The number of carbonyl (C=O) groups is 3. The summed E-state index contributed by atoms with van der Waals surface area (Å²) < 4.78 is 0. The molecule has 0 fully saturated rings. The largest absolute Gasteiger partial charge is 0.478 e. The van der Waals surface area contributed by atoms with E-state index in [-0.39, 0.29) is 17.4 Å². The molecule has 0 radical (unpaired) electrons. The third-order valence-corrected chi connectivity index (χ3v) is 5.34. The fourth-order valence-corrected chi connectivity index (χ4v) is 3.73. The summed E-state index contributed by atoms with van der Waals surface area (Å²) >= 11 is 0. The Hall–Kier alpha value is -4.13. The van der Waals surface area contributed by atoms with E-state index in [9.17, 15) is 19.5 Å². The SMILES string of the molecule is Cc1[nH]c(C=C2C(=O)Nc3ccc(C(=O)O)cc32)c(C)c1C(=O)NCc1ccccc1. The number of carboxylic acid groups (broad SMARTS) is 1. The van der Waals surface area contributed by atoms with Gasteiger partial charge in [-0.1, -0.05) is 30.3 Å². The molecular formula is C24H21N3O4. The number of carboxylic acids is 1. The Bertz CT molecular complexity index is 1240. The van der Waals surface area contributed by atoms with Crippen LogP contribution >= 0.6 is 0 Å². The molecule has 0 aliphatic carbocycles. The molecule has 3 aromatic rings. The van der Waals surface area contributed by atoms with Crippen molar-refractivity contribution in [2.75, 3.05) is 5.32 Å². The zero-order valence-electron chi connectivity index (χ0n) is 17.1. The summed E-state index contributed by atoms with van der Waals surface area (Å²) in [5.41, 5.74) is 5.08. The van der Waals surface area contributed by atoms with Crippen LogP contribution in [0.15, 0.2) is 48.5 Å². The van der Waals surface area contributed by atoms with E-state index < -0.39 is 5.97 Å². The van der Waals surface area contributed by atoms with Crippen molar-refractivity contribution in [1.82, 2.24) is 10.3 Å². The second kappa shape index (κ2) is 7.95. The molecule has 0 unspecified atom stereocenters. The average Bonchev–Trinajstić information content (AvgIpc) is 3.21. The smallest absolute Gasteiger partial charge is 0.335 e. The van der Waals surface area contributed by atoms with Crippen LogP contribution in [0.5, 0.6) is 0 Å². The molecule has 1 aliphatic rings. The summed E-state index contributed by atoms with van der Waals surface area (Å²) in [5.74, 6) is -1.59. The normalized spacial score (nSPS) is 13.7. The molecule has 156 valence electrons. The van der Waals surface area contributed by atoms with Gasteiger partial charge in [-0.15, -0.1) is 0 Å². The number of hydrogen-bond acceptors (Lipinski definition) is 3. The van der Waals surface area contributed by atoms with Gasteiger partial charge in [0.1, 0.15) is 0 Å². The van der Waals surface area contributed by atoms with Gasteiger partial charge in [-0.3, -0.25) is 9.59 Å². The molecule has 7 nitrogen and oxygen atoms in total. The highest BCUT2D eigenvalue weighted by molar-refractivity contribution is 6.35. The van der Waals surface area contributed by atoms with Gasteiger partial charge in [0.05, 0.1) is 16.7 Å². The first-order valence-corrected chi connectivity index (χ1v) is 9.77. The second-order valence-corrected chi connectivity index (χ2v) is 7.41. The van der Waals surface area contributed by atoms with Crippen molar-refractivity contribution in [2.45, 2.75) is 20.4 Å². The number of fused-ring (bicyclic) bond motifs is 1. The molecule has 0 atom stereocenters. The molecule has 2 amide bonds. The summed E-state index contributed by atoms with van der Waals surface area (Å²) in [6, 6.07) is 14.1. The summed E-state index contributed by atoms with van der Waals surface area (Å²) in [5, 5.41) is 14.9. The van der Waals surface area contributed by atoms with Gasteiger partial charge in [0, 0.05) is 29.2 Å². The number of nitrogens with one attached hydrogen (secondary N) is 3. The molecule has 31 heavy (non-hydrogen) atoms. The number of anilines is 1. The number of carbonyl (C=O) groups excluding carboxylic acids is 2. The summed E-state index contributed by atoms with van der Waals surface area (Å²) in [6.07, 6.45) is 1.66. The maximum atomic E-state index is 12.8. The predicted octanol–water partition coefficient (Wildman–Crippen LogP) is 3.75. The third-order valence-electron chi connectivity index (χ3n) is 5.34. The Labute approximate surface area is 178 Å². The van der Waals surface area contributed by atoms with Gasteiger partial charge in [0.2, 0.25) is 0 Å². The molecule has 1 aliphatic heterocycles. The maximum Gasteiger partial charge on any atom is 0.335 e. The molecule has 0 spiro atoms. The van der Waals surface area contributed by atoms with E-state index in [4.69, 9.17) is 0 Å². The molecule has 0 saturated heterocycles. The topological polar surface area (TPSA) is 111 Å². The average molecular weight is 415 g/mol. The number of aromatic nitrogens is 1. The van der Waals surface area contributed by atoms with Gasteiger partial charge >= 0.3 is 5.97 Å². The number of aryl methyl sites for hydroxylation is 1. The highest BCUT2D eigenvalue weighted by atomic mass is 16.4. The Morgan fingerprint density at radius 2 is 1.84 bits per heavy atom. The monoisotopic (exact) mass is 415 g/mol. The highest BCUT2D eigenvalue weighted by Gasteiger charge is 2.26. The quantitative estimate of drug-likeness (QED) is 0.476. The molecule has 2 heterocycles. The summed E-state index contributed by atoms with van der Waals surface area (Å²) in [6.45, 7) is 4.03. The molecule has 7 heteroatoms. The van der Waals surface area contributed by atoms with Crippen LogP contribution in [0.1, 0.15) is 48.8 Å². The molecule has 4 N–H and O–H groups in total. The van der Waals surface area contributed by atoms with Crippen LogP contribution in [0.2, 0.25) is 0 Å². The van der Waals surface area contributed by atoms with Crippen LogP contribution in [0.4, 0.5) is 5.69 Å². The van der Waals surface area contributed by atoms with E-state index in [1.807, 2.05) is 37.3 Å². The minimum absolute atomic E-state index is 0.0986. The number of H-pyrrole nitrogens is 1. The minimum Gasteiger partial charge on any atom is -0.478 e. The van der Waals surface area contributed by atoms with E-state index in [2.05, 4.69) is 15.6 Å². The lowest BCUT2D eigenvalue weighted by Crippen LogP contribution is -2.23. The Morgan fingerprint density at radius 3 is 2.55 bits per heavy atom. The van der Waals surface area contributed by atoms with Crippen molar-refractivity contribution in [2.24, 2.45) is 0 Å². The minimum atomic E-state index is -1.06. The highest BCUT2D eigenvalue weighted by Crippen LogP contribution is 2.34. The fraction of sp³-hybridized carbons (Fsp3) is 0.125. The Kier molecular flexibility index (Phi) is 5.17. The van der Waals surface area contributed by atoms with Gasteiger partial charge in [0.15, 0.2) is 0 Å². The van der Waals surface area contributed by atoms with Crippen LogP contribution in [-0.2, 0) is 11.3 Å². The van der Waals surface area contributed by atoms with Gasteiger partial charge < -0.3 is 20.7 Å². The van der Waals surface area contributed by atoms with E-state index in [1.165, 1.54) is 12.1 Å². The van der Waals surface area contributed by atoms with Crippen molar-refractivity contribution in [3.63, 3.8) is 0 Å². The zero-order chi connectivity index (χ0) is 22.1. The number of hydrogen-bond donors (Lipinski definition) is 4. The van der Waals surface area contributed by atoms with Gasteiger partial charge in [-0.05, 0) is 49.2 Å². The standard InChI is InChI=1S/C24H21N3O4/c1-13-20(11-18-17-10-16(24(30)31)8-9-19(17)27-22(18)28)26-14(2)21(13)23(29)25-12-15-6-4-3-5-7-15/h3-11,26H,12H2,1-2H3,(H,25,29)(H,27,28)(H,30,31). The molecule has 0 saturated carbocycles. The van der Waals surface area contributed by atoms with Crippen LogP contribution in [0.3, 0.4) is 0 Å². The number of amides is 2. The second-order valence-electron chi connectivity index (χ2n) is 7.41. The summed E-state index contributed by atoms with van der Waals surface area (Å²) in [4.78, 5) is 39.8. The first-order valence-electron chi connectivity index (χ1n) is 9.77. The first kappa shape index (κ1) is 20.2. The fourth-order valence-electron chi connectivity index (χ4n) is 3.73. The van der Waals surface area contributed by atoms with Crippen molar-refractivity contribution in [3.05, 3.63) is 87.7 Å². The van der Waals surface area contributed by atoms with E-state index in [1.54, 1.807) is 19.1 Å². The number of rotatable bonds is 5. The van der Waals surface area contributed by atoms with Crippen molar-refractivity contribution >= 4 is 35.1 Å². The number of benzene rings is 2. The van der Waals surface area contributed by atoms with Crippen LogP contribution < -0.4 is 10.6 Å². The lowest BCUT2D eigenvalue weighted by molar-refractivity contribution is -0.110. The van der Waals surface area contributed by atoms with E-state index in [0.717, 1.165) is 5.56 Å². The maximum absolute atomic E-state index is 12.8. The van der Waals surface area contributed by atoms with Crippen LogP contribution in [0, 0.1) is 13.8 Å². The number of aromatic amines is 1. The Balaban J connectivity index is 1.64. The molecule has 2 aromatic carbocycles. The first-order chi connectivity index (χ1) is 14.8. The van der Waals surface area contributed by atoms with Gasteiger partial charge in [0.25, 0.3) is 11.8 Å². The third kappa shape index (κ3) is 3.85. The Morgan fingerprint density at radius 1 is 1.10 bits per heavy atom. The van der Waals surface area contributed by atoms with Gasteiger partial charge in [-0.25, -0.2) is 4.79 Å². The van der Waals surface area contributed by atoms with Gasteiger partial charge in [-0.2, -0.15) is 0 Å². The molecular weight excluding hydrogens is 394 g/mol. The predicted molar refractivity (Wildman–Crippen MR) is 118 cm³/mol. The molecule has 1 aromatic heterocycles. The van der Waals surface area contributed by atoms with Crippen molar-refractivity contribution in [3.8, 4) is 0 Å². The van der Waals surface area contributed by atoms with E-state index in [0.29, 0.717) is 45.9 Å². The van der Waals surface area contributed by atoms with Crippen LogP contribution in [-0.4, -0.2) is 27.9 Å². The van der Waals surface area contributed by atoms with Crippen molar-refractivity contribution < 1.29 is 19.5 Å². The van der Waals surface area contributed by atoms with Crippen LogP contribution in [0.25, 0.3) is 11.6 Å². The van der Waals surface area contributed by atoms with E-state index >= 15 is 0 Å². The zero-order valence-corrected chi connectivity index (χ0v) is 17.1. The lowest BCUT2D eigenvalue weighted by Gasteiger charge is -2.06. The summed E-state index contributed by atoms with van der Waals surface area (Å²) in [7, 11) is 0. The lowest BCUT2D eigenvalue weighted by atomic mass is 10.0. The number of aromatic carboxylic acids is 1. The molecule has 0 bridgehead atoms.